The first-order valence-electron chi connectivity index (χ1n) is 11.8. The molecule has 0 aromatic carbocycles. The largest absolute Gasteiger partial charge is 0.508 e. The Morgan fingerprint density at radius 2 is 1.23 bits per heavy atom. The smallest absolute Gasteiger partial charge is 0.432 e. The van der Waals surface area contributed by atoms with Gasteiger partial charge < -0.3 is 28.4 Å². The molecule has 1 fully saturated rings. The zero-order valence-electron chi connectivity index (χ0n) is 19.6. The van der Waals surface area contributed by atoms with Crippen molar-refractivity contribution >= 4 is 12.3 Å². The van der Waals surface area contributed by atoms with Crippen molar-refractivity contribution in [3.8, 4) is 0 Å². The van der Waals surface area contributed by atoms with Gasteiger partial charge >= 0.3 is 12.3 Å². The van der Waals surface area contributed by atoms with Crippen molar-refractivity contribution in [1.82, 2.24) is 0 Å². The Bertz CT molecular complexity index is 466. The molecule has 0 aromatic rings. The summed E-state index contributed by atoms with van der Waals surface area (Å²) in [6.45, 7) is 2.77. The van der Waals surface area contributed by atoms with Crippen LogP contribution in [0.4, 0.5) is 9.59 Å². The second-order valence-electron chi connectivity index (χ2n) is 8.03. The maximum atomic E-state index is 12.0. The van der Waals surface area contributed by atoms with Gasteiger partial charge in [0.2, 0.25) is 0 Å². The summed E-state index contributed by atoms with van der Waals surface area (Å²) in [5.74, 6) is 0. The molecule has 1 aliphatic carbocycles. The van der Waals surface area contributed by atoms with E-state index < -0.39 is 12.3 Å². The number of carbonyl (C=O) groups is 2. The summed E-state index contributed by atoms with van der Waals surface area (Å²) in [6, 6.07) is 0. The molecule has 0 aliphatic heterocycles. The van der Waals surface area contributed by atoms with E-state index in [-0.39, 0.29) is 31.5 Å². The minimum Gasteiger partial charge on any atom is -0.432 e. The Morgan fingerprint density at radius 1 is 0.742 bits per heavy atom. The Hall–Kier alpha value is -1.54. The first-order valence-corrected chi connectivity index (χ1v) is 11.8. The van der Waals surface area contributed by atoms with Gasteiger partial charge in [0.05, 0.1) is 12.7 Å². The third-order valence-electron chi connectivity index (χ3n) is 5.56. The average molecular weight is 447 g/mol. The predicted molar refractivity (Wildman–Crippen MR) is 116 cm³/mol. The van der Waals surface area contributed by atoms with E-state index in [2.05, 4.69) is 0 Å². The highest BCUT2D eigenvalue weighted by Crippen LogP contribution is 2.21. The lowest BCUT2D eigenvalue weighted by atomic mass is 10.0. The Morgan fingerprint density at radius 3 is 1.68 bits per heavy atom. The summed E-state index contributed by atoms with van der Waals surface area (Å²) in [5, 5.41) is 0. The van der Waals surface area contributed by atoms with E-state index >= 15 is 0 Å². The maximum absolute atomic E-state index is 12.0. The first kappa shape index (κ1) is 27.5. The molecule has 8 heteroatoms. The van der Waals surface area contributed by atoms with E-state index in [1.165, 1.54) is 0 Å². The van der Waals surface area contributed by atoms with Gasteiger partial charge in [0.25, 0.3) is 0 Å². The minimum atomic E-state index is -0.614. The summed E-state index contributed by atoms with van der Waals surface area (Å²) in [5.41, 5.74) is 0. The molecule has 0 heterocycles. The Labute approximate surface area is 187 Å². The molecule has 3 atom stereocenters. The van der Waals surface area contributed by atoms with E-state index in [0.29, 0.717) is 6.61 Å². The molecule has 1 rings (SSSR count). The number of hydrogen-bond donors (Lipinski definition) is 0. The highest BCUT2D eigenvalue weighted by atomic mass is 16.7. The Balaban J connectivity index is 2.39. The number of ether oxygens (including phenoxy) is 6. The third kappa shape index (κ3) is 14.2. The molecule has 8 nitrogen and oxygen atoms in total. The summed E-state index contributed by atoms with van der Waals surface area (Å²) in [7, 11) is 3.17. The topological polar surface area (TPSA) is 89.5 Å². The molecular weight excluding hydrogens is 404 g/mol. The highest BCUT2D eigenvalue weighted by Gasteiger charge is 2.19. The minimum absolute atomic E-state index is 0.0972. The van der Waals surface area contributed by atoms with Crippen LogP contribution in [0, 0.1) is 0 Å². The second kappa shape index (κ2) is 18.1. The van der Waals surface area contributed by atoms with E-state index in [1.54, 1.807) is 14.2 Å². The fraction of sp³-hybridized carbons (Fsp3) is 0.913. The first-order chi connectivity index (χ1) is 15.1. The number of hydrogen-bond acceptors (Lipinski definition) is 8. The average Bonchev–Trinajstić information content (AvgIpc) is 2.77. The molecule has 0 radical (unpaired) electrons. The number of carbonyl (C=O) groups excluding carboxylic acids is 2. The van der Waals surface area contributed by atoms with Gasteiger partial charge in [-0.25, -0.2) is 9.59 Å². The van der Waals surface area contributed by atoms with E-state index in [9.17, 15) is 9.59 Å². The summed E-state index contributed by atoms with van der Waals surface area (Å²) < 4.78 is 31.4. The van der Waals surface area contributed by atoms with Crippen LogP contribution in [-0.2, 0) is 28.4 Å². The quantitative estimate of drug-likeness (QED) is 0.343. The van der Waals surface area contributed by atoms with Gasteiger partial charge in [-0.1, -0.05) is 26.2 Å². The SMILES string of the molecule is CCC(COC(=O)OC1CCCCCCC(OC(=O)OCCOC)CCCCC1)OC. The van der Waals surface area contributed by atoms with Crippen LogP contribution in [0.5, 0.6) is 0 Å². The van der Waals surface area contributed by atoms with Crippen LogP contribution >= 0.6 is 0 Å². The van der Waals surface area contributed by atoms with Crippen molar-refractivity contribution in [3.63, 3.8) is 0 Å². The Kier molecular flexibility index (Phi) is 16.0. The van der Waals surface area contributed by atoms with Crippen LogP contribution in [0.25, 0.3) is 0 Å². The number of methoxy groups -OCH3 is 2. The van der Waals surface area contributed by atoms with Crippen LogP contribution in [0.1, 0.15) is 84.0 Å². The second-order valence-corrected chi connectivity index (χ2v) is 8.03. The molecule has 1 aliphatic rings. The van der Waals surface area contributed by atoms with Crippen molar-refractivity contribution in [3.05, 3.63) is 0 Å². The van der Waals surface area contributed by atoms with Crippen LogP contribution in [0.15, 0.2) is 0 Å². The third-order valence-corrected chi connectivity index (χ3v) is 5.56. The lowest BCUT2D eigenvalue weighted by Crippen LogP contribution is -2.24. The molecular formula is C23H42O8. The summed E-state index contributed by atoms with van der Waals surface area (Å²) >= 11 is 0. The number of rotatable bonds is 9. The van der Waals surface area contributed by atoms with Gasteiger partial charge in [0, 0.05) is 14.2 Å². The van der Waals surface area contributed by atoms with Crippen LogP contribution < -0.4 is 0 Å². The molecule has 1 saturated carbocycles. The van der Waals surface area contributed by atoms with Crippen molar-refractivity contribution < 1.29 is 38.0 Å². The molecule has 0 saturated heterocycles. The zero-order valence-corrected chi connectivity index (χ0v) is 19.6. The molecule has 3 unspecified atom stereocenters. The molecule has 0 amide bonds. The highest BCUT2D eigenvalue weighted by molar-refractivity contribution is 5.60. The molecule has 0 spiro atoms. The molecule has 0 aromatic heterocycles. The van der Waals surface area contributed by atoms with E-state index in [4.69, 9.17) is 28.4 Å². The molecule has 0 N–H and O–H groups in total. The summed E-state index contributed by atoms with van der Waals surface area (Å²) in [4.78, 5) is 23.9. The predicted octanol–water partition coefficient (Wildman–Crippen LogP) is 5.41. The monoisotopic (exact) mass is 446 g/mol. The van der Waals surface area contributed by atoms with Crippen molar-refractivity contribution in [2.75, 3.05) is 34.0 Å². The fourth-order valence-electron chi connectivity index (χ4n) is 3.60. The van der Waals surface area contributed by atoms with Gasteiger partial charge in [-0.15, -0.1) is 0 Å². The maximum Gasteiger partial charge on any atom is 0.508 e. The van der Waals surface area contributed by atoms with Crippen LogP contribution in [-0.4, -0.2) is 64.7 Å². The lowest BCUT2D eigenvalue weighted by molar-refractivity contribution is -0.0178. The fourth-order valence-corrected chi connectivity index (χ4v) is 3.60. The van der Waals surface area contributed by atoms with E-state index in [1.807, 2.05) is 6.92 Å². The van der Waals surface area contributed by atoms with Crippen molar-refractivity contribution in [1.29, 1.82) is 0 Å². The van der Waals surface area contributed by atoms with Crippen LogP contribution in [0.3, 0.4) is 0 Å². The van der Waals surface area contributed by atoms with Crippen molar-refractivity contribution in [2.24, 2.45) is 0 Å². The molecule has 0 bridgehead atoms. The normalized spacial score (nSPS) is 22.2. The molecule has 31 heavy (non-hydrogen) atoms. The summed E-state index contributed by atoms with van der Waals surface area (Å²) in [6.07, 6.45) is 9.61. The van der Waals surface area contributed by atoms with Gasteiger partial charge in [-0.2, -0.15) is 0 Å². The zero-order chi connectivity index (χ0) is 22.7. The van der Waals surface area contributed by atoms with Gasteiger partial charge in [0.1, 0.15) is 25.4 Å². The van der Waals surface area contributed by atoms with Crippen LogP contribution in [0.2, 0.25) is 0 Å². The van der Waals surface area contributed by atoms with Crippen molar-refractivity contribution in [2.45, 2.75) is 102 Å². The lowest BCUT2D eigenvalue weighted by Gasteiger charge is -2.19. The molecule has 182 valence electrons. The van der Waals surface area contributed by atoms with Gasteiger partial charge in [0.15, 0.2) is 0 Å². The standard InChI is InChI=1S/C23H42O8/c1-4-19(27-3)18-29-23(25)31-21-13-9-6-5-8-12-20(14-10-7-11-15-21)30-22(24)28-17-16-26-2/h19-21H,4-18H2,1-3H3. The van der Waals surface area contributed by atoms with Gasteiger partial charge in [-0.05, 0) is 57.8 Å². The van der Waals surface area contributed by atoms with E-state index in [0.717, 1.165) is 77.0 Å². The van der Waals surface area contributed by atoms with Gasteiger partial charge in [-0.3, -0.25) is 0 Å².